The van der Waals surface area contributed by atoms with Gasteiger partial charge in [-0.05, 0) is 35.9 Å². The van der Waals surface area contributed by atoms with Gasteiger partial charge in [-0.25, -0.2) is 9.78 Å². The molecule has 0 atom stereocenters. The van der Waals surface area contributed by atoms with Crippen LogP contribution in [0.15, 0.2) is 52.9 Å². The quantitative estimate of drug-likeness (QED) is 0.618. The minimum Gasteiger partial charge on any atom is -0.450 e. The highest BCUT2D eigenvalue weighted by Gasteiger charge is 2.14. The Morgan fingerprint density at radius 1 is 1.15 bits per heavy atom. The van der Waals surface area contributed by atoms with E-state index < -0.39 is 8.07 Å². The number of aromatic nitrogens is 1. The van der Waals surface area contributed by atoms with Crippen LogP contribution in [0.25, 0.3) is 22.6 Å². The minimum atomic E-state index is -1.19. The van der Waals surface area contributed by atoms with E-state index in [9.17, 15) is 4.79 Å². The zero-order chi connectivity index (χ0) is 18.6. The van der Waals surface area contributed by atoms with Gasteiger partial charge in [0.2, 0.25) is 5.89 Å². The van der Waals surface area contributed by atoms with E-state index in [-0.39, 0.29) is 6.09 Å². The number of nitrogens with one attached hydrogen (secondary N) is 1. The summed E-state index contributed by atoms with van der Waals surface area (Å²) in [6.07, 6.45) is -0.381. The van der Waals surface area contributed by atoms with Gasteiger partial charge in [-0.1, -0.05) is 43.9 Å². The van der Waals surface area contributed by atoms with Crippen molar-refractivity contribution in [1.29, 1.82) is 0 Å². The number of ether oxygens (including phenoxy) is 1. The molecule has 0 aliphatic carbocycles. The summed E-state index contributed by atoms with van der Waals surface area (Å²) in [7, 11) is -1.19. The Morgan fingerprint density at radius 3 is 2.65 bits per heavy atom. The Kier molecular flexibility index (Phi) is 5.42. The molecule has 0 saturated heterocycles. The van der Waals surface area contributed by atoms with Gasteiger partial charge in [-0.3, -0.25) is 0 Å². The fraction of sp³-hybridized carbons (Fsp3) is 0.300. The summed E-state index contributed by atoms with van der Waals surface area (Å²) in [5, 5.41) is 2.78. The standard InChI is InChI=1S/C20H24N2O3Si/c1-26(2,3)12-11-24-20(23)21-14-15-9-10-18-17(13-15)22-19(25-18)16-7-5-4-6-8-16/h4-10,13H,11-12,14H2,1-3H3,(H,21,23). The molecule has 136 valence electrons. The van der Waals surface area contributed by atoms with Gasteiger partial charge in [0.25, 0.3) is 0 Å². The molecule has 6 heteroatoms. The van der Waals surface area contributed by atoms with Gasteiger partial charge in [0.15, 0.2) is 5.58 Å². The normalized spacial score (nSPS) is 11.5. The predicted octanol–water partition coefficient (Wildman–Crippen LogP) is 5.06. The van der Waals surface area contributed by atoms with Gasteiger partial charge >= 0.3 is 6.09 Å². The summed E-state index contributed by atoms with van der Waals surface area (Å²) < 4.78 is 11.0. The highest BCUT2D eigenvalue weighted by molar-refractivity contribution is 6.76. The van der Waals surface area contributed by atoms with Crippen molar-refractivity contribution < 1.29 is 13.9 Å². The van der Waals surface area contributed by atoms with Crippen LogP contribution in [0.5, 0.6) is 0 Å². The monoisotopic (exact) mass is 368 g/mol. The number of rotatable bonds is 6. The molecule has 0 radical (unpaired) electrons. The van der Waals surface area contributed by atoms with Gasteiger partial charge in [0, 0.05) is 20.2 Å². The van der Waals surface area contributed by atoms with E-state index in [4.69, 9.17) is 9.15 Å². The van der Waals surface area contributed by atoms with Crippen molar-refractivity contribution in [3.63, 3.8) is 0 Å². The summed E-state index contributed by atoms with van der Waals surface area (Å²) >= 11 is 0. The van der Waals surface area contributed by atoms with Crippen LogP contribution >= 0.6 is 0 Å². The molecule has 5 nitrogen and oxygen atoms in total. The van der Waals surface area contributed by atoms with Crippen LogP contribution < -0.4 is 5.32 Å². The topological polar surface area (TPSA) is 64.4 Å². The highest BCUT2D eigenvalue weighted by Crippen LogP contribution is 2.24. The van der Waals surface area contributed by atoms with E-state index in [1.54, 1.807) is 0 Å². The van der Waals surface area contributed by atoms with Gasteiger partial charge in [-0.15, -0.1) is 0 Å². The number of benzene rings is 2. The van der Waals surface area contributed by atoms with Crippen molar-refractivity contribution >= 4 is 25.3 Å². The fourth-order valence-corrected chi connectivity index (χ4v) is 3.18. The number of oxazole rings is 1. The molecule has 1 N–H and O–H groups in total. The zero-order valence-electron chi connectivity index (χ0n) is 15.4. The first kappa shape index (κ1) is 18.2. The lowest BCUT2D eigenvalue weighted by molar-refractivity contribution is 0.151. The second kappa shape index (κ2) is 7.74. The van der Waals surface area contributed by atoms with Crippen molar-refractivity contribution in [2.75, 3.05) is 6.61 Å². The van der Waals surface area contributed by atoms with E-state index in [0.29, 0.717) is 19.0 Å². The van der Waals surface area contributed by atoms with Gasteiger partial charge in [-0.2, -0.15) is 0 Å². The lowest BCUT2D eigenvalue weighted by Crippen LogP contribution is -2.27. The maximum atomic E-state index is 11.8. The van der Waals surface area contributed by atoms with Crippen LogP contribution in [-0.2, 0) is 11.3 Å². The second-order valence-electron chi connectivity index (χ2n) is 7.49. The summed E-state index contributed by atoms with van der Waals surface area (Å²) in [6, 6.07) is 16.5. The highest BCUT2D eigenvalue weighted by atomic mass is 28.3. The van der Waals surface area contributed by atoms with Crippen molar-refractivity contribution in [2.24, 2.45) is 0 Å². The van der Waals surface area contributed by atoms with E-state index >= 15 is 0 Å². The Morgan fingerprint density at radius 2 is 1.92 bits per heavy atom. The molecule has 0 spiro atoms. The molecule has 2 aromatic carbocycles. The maximum absolute atomic E-state index is 11.8. The lowest BCUT2D eigenvalue weighted by atomic mass is 10.2. The van der Waals surface area contributed by atoms with Crippen LogP contribution in [0.2, 0.25) is 25.7 Å². The summed E-state index contributed by atoms with van der Waals surface area (Å²) in [5.41, 5.74) is 3.39. The Balaban J connectivity index is 1.60. The Bertz CT molecular complexity index is 885. The summed E-state index contributed by atoms with van der Waals surface area (Å²) in [4.78, 5) is 16.3. The number of hydrogen-bond acceptors (Lipinski definition) is 4. The average molecular weight is 369 g/mol. The third-order valence-electron chi connectivity index (χ3n) is 3.99. The molecule has 0 bridgehead atoms. The predicted molar refractivity (Wildman–Crippen MR) is 106 cm³/mol. The Hall–Kier alpha value is -2.60. The number of carbonyl (C=O) groups is 1. The van der Waals surface area contributed by atoms with E-state index in [0.717, 1.165) is 28.3 Å². The molecule has 0 fully saturated rings. The van der Waals surface area contributed by atoms with Crippen LogP contribution in [-0.4, -0.2) is 25.8 Å². The zero-order valence-corrected chi connectivity index (χ0v) is 16.4. The van der Waals surface area contributed by atoms with E-state index in [2.05, 4.69) is 29.9 Å². The molecular weight excluding hydrogens is 344 g/mol. The second-order valence-corrected chi connectivity index (χ2v) is 13.1. The van der Waals surface area contributed by atoms with Gasteiger partial charge < -0.3 is 14.5 Å². The van der Waals surface area contributed by atoms with Crippen molar-refractivity contribution in [3.8, 4) is 11.5 Å². The van der Waals surface area contributed by atoms with Crippen molar-refractivity contribution in [2.45, 2.75) is 32.2 Å². The third-order valence-corrected chi connectivity index (χ3v) is 5.70. The molecule has 3 aromatic rings. The van der Waals surface area contributed by atoms with Crippen LogP contribution in [0.4, 0.5) is 4.79 Å². The SMILES string of the molecule is C[Si](C)(C)CCOC(=O)NCc1ccc2oc(-c3ccccc3)nc2c1. The van der Waals surface area contributed by atoms with E-state index in [1.165, 1.54) is 0 Å². The largest absolute Gasteiger partial charge is 0.450 e. The van der Waals surface area contributed by atoms with Crippen LogP contribution in [0, 0.1) is 0 Å². The van der Waals surface area contributed by atoms with Crippen LogP contribution in [0.3, 0.4) is 0 Å². The minimum absolute atomic E-state index is 0.381. The molecule has 0 aliphatic rings. The first-order chi connectivity index (χ1) is 12.4. The molecule has 0 saturated carbocycles. The fourth-order valence-electron chi connectivity index (χ4n) is 2.46. The molecule has 1 aromatic heterocycles. The number of alkyl carbamates (subject to hydrolysis) is 1. The first-order valence-electron chi connectivity index (χ1n) is 8.76. The molecule has 1 heterocycles. The molecule has 0 aliphatic heterocycles. The molecule has 0 unspecified atom stereocenters. The molecule has 3 rings (SSSR count). The third kappa shape index (κ3) is 4.95. The van der Waals surface area contributed by atoms with Crippen molar-refractivity contribution in [1.82, 2.24) is 10.3 Å². The summed E-state index contributed by atoms with van der Waals surface area (Å²) in [6.45, 7) is 7.64. The molecule has 26 heavy (non-hydrogen) atoms. The van der Waals surface area contributed by atoms with Crippen LogP contribution in [0.1, 0.15) is 5.56 Å². The van der Waals surface area contributed by atoms with Gasteiger partial charge in [0.1, 0.15) is 5.52 Å². The number of hydrogen-bond donors (Lipinski definition) is 1. The maximum Gasteiger partial charge on any atom is 0.407 e. The number of nitrogens with zero attached hydrogens (tertiary/aromatic N) is 1. The van der Waals surface area contributed by atoms with Crippen molar-refractivity contribution in [3.05, 3.63) is 54.1 Å². The van der Waals surface area contributed by atoms with Gasteiger partial charge in [0.05, 0.1) is 6.61 Å². The summed E-state index contributed by atoms with van der Waals surface area (Å²) in [5.74, 6) is 0.594. The molecule has 1 amide bonds. The lowest BCUT2D eigenvalue weighted by Gasteiger charge is -2.15. The number of carbonyl (C=O) groups excluding carboxylic acids is 1. The number of fused-ring (bicyclic) bond motifs is 1. The molecular formula is C20H24N2O3Si. The average Bonchev–Trinajstić information content (AvgIpc) is 3.03. The first-order valence-corrected chi connectivity index (χ1v) is 12.5. The smallest absolute Gasteiger partial charge is 0.407 e. The number of amides is 1. The van der Waals surface area contributed by atoms with E-state index in [1.807, 2.05) is 48.5 Å². The Labute approximate surface area is 154 Å².